The molecule has 0 saturated carbocycles. The van der Waals surface area contributed by atoms with Gasteiger partial charge in [-0.1, -0.05) is 36.4 Å². The van der Waals surface area contributed by atoms with Gasteiger partial charge in [-0.25, -0.2) is 0 Å². The van der Waals surface area contributed by atoms with Crippen molar-refractivity contribution in [3.63, 3.8) is 0 Å². The maximum Gasteiger partial charge on any atom is 0.265 e. The van der Waals surface area contributed by atoms with Crippen LogP contribution >= 0.6 is 15.9 Å². The molecule has 1 N–H and O–H groups in total. The molecule has 0 spiro atoms. The Morgan fingerprint density at radius 3 is 2.50 bits per heavy atom. The van der Waals surface area contributed by atoms with Gasteiger partial charge in [0.1, 0.15) is 5.75 Å². The fraction of sp³-hybridized carbons (Fsp3) is 0.0909. The fourth-order valence-corrected chi connectivity index (χ4v) is 3.41. The van der Waals surface area contributed by atoms with Crippen LogP contribution in [0.2, 0.25) is 0 Å². The maximum atomic E-state index is 12.5. The molecular weight excluding hydrogens is 420 g/mol. The molecule has 0 atom stereocenters. The second-order valence-corrected chi connectivity index (χ2v) is 7.22. The first-order chi connectivity index (χ1) is 13.6. The minimum Gasteiger partial charge on any atom is -0.482 e. The molecule has 2 amide bonds. The molecule has 1 aliphatic heterocycles. The van der Waals surface area contributed by atoms with Crippen LogP contribution in [-0.4, -0.2) is 18.4 Å². The van der Waals surface area contributed by atoms with Gasteiger partial charge in [0, 0.05) is 10.0 Å². The van der Waals surface area contributed by atoms with E-state index in [1.165, 1.54) is 0 Å². The number of anilines is 2. The number of para-hydroxylation sites is 3. The highest BCUT2D eigenvalue weighted by atomic mass is 79.9. The lowest BCUT2D eigenvalue weighted by molar-refractivity contribution is -0.121. The zero-order valence-corrected chi connectivity index (χ0v) is 16.5. The van der Waals surface area contributed by atoms with E-state index in [2.05, 4.69) is 21.2 Å². The predicted octanol–water partition coefficient (Wildman–Crippen LogP) is 4.63. The number of carbonyl (C=O) groups excluding carboxylic acids is 2. The topological polar surface area (TPSA) is 58.6 Å². The molecule has 0 aliphatic carbocycles. The molecule has 0 aromatic heterocycles. The van der Waals surface area contributed by atoms with Crippen LogP contribution in [0.1, 0.15) is 15.9 Å². The van der Waals surface area contributed by atoms with Crippen molar-refractivity contribution >= 4 is 39.1 Å². The summed E-state index contributed by atoms with van der Waals surface area (Å²) in [6.07, 6.45) is 0. The summed E-state index contributed by atoms with van der Waals surface area (Å²) in [5.41, 5.74) is 2.96. The Balaban J connectivity index is 1.49. The molecule has 0 radical (unpaired) electrons. The molecule has 0 saturated heterocycles. The first kappa shape index (κ1) is 18.3. The predicted molar refractivity (Wildman–Crippen MR) is 112 cm³/mol. The van der Waals surface area contributed by atoms with E-state index >= 15 is 0 Å². The van der Waals surface area contributed by atoms with Gasteiger partial charge in [0.25, 0.3) is 11.8 Å². The van der Waals surface area contributed by atoms with Crippen molar-refractivity contribution in [2.75, 3.05) is 16.8 Å². The van der Waals surface area contributed by atoms with Crippen molar-refractivity contribution in [3.05, 3.63) is 88.4 Å². The standard InChI is InChI=1S/C22H17BrN2O3/c23-17-5-1-2-6-18(17)24-22(27)16-11-9-15(10-12-16)13-25-19-7-3-4-8-20(19)28-14-21(25)26/h1-12H,13-14H2,(H,24,27). The average molecular weight is 437 g/mol. The molecule has 28 heavy (non-hydrogen) atoms. The van der Waals surface area contributed by atoms with E-state index in [9.17, 15) is 9.59 Å². The van der Waals surface area contributed by atoms with E-state index in [0.717, 1.165) is 15.7 Å². The molecule has 3 aromatic rings. The van der Waals surface area contributed by atoms with Crippen LogP contribution in [0.5, 0.6) is 5.75 Å². The summed E-state index contributed by atoms with van der Waals surface area (Å²) < 4.78 is 6.30. The number of fused-ring (bicyclic) bond motifs is 1. The van der Waals surface area contributed by atoms with Gasteiger partial charge in [0.05, 0.1) is 17.9 Å². The molecule has 1 aliphatic rings. The molecule has 5 nitrogen and oxygen atoms in total. The lowest BCUT2D eigenvalue weighted by atomic mass is 10.1. The highest BCUT2D eigenvalue weighted by Crippen LogP contribution is 2.32. The molecule has 0 fully saturated rings. The SMILES string of the molecule is O=C(Nc1ccccc1Br)c1ccc(CN2C(=O)COc3ccccc32)cc1. The molecule has 0 unspecified atom stereocenters. The van der Waals surface area contributed by atoms with Gasteiger partial charge in [-0.3, -0.25) is 9.59 Å². The van der Waals surface area contributed by atoms with Crippen molar-refractivity contribution in [1.29, 1.82) is 0 Å². The smallest absolute Gasteiger partial charge is 0.265 e. The van der Waals surface area contributed by atoms with Crippen molar-refractivity contribution in [2.45, 2.75) is 6.54 Å². The summed E-state index contributed by atoms with van der Waals surface area (Å²) in [5.74, 6) is 0.423. The van der Waals surface area contributed by atoms with Crippen LogP contribution in [0.15, 0.2) is 77.3 Å². The second-order valence-electron chi connectivity index (χ2n) is 6.37. The Kier molecular flexibility index (Phi) is 5.12. The lowest BCUT2D eigenvalue weighted by Gasteiger charge is -2.29. The van der Waals surface area contributed by atoms with E-state index in [4.69, 9.17) is 4.74 Å². The third-order valence-corrected chi connectivity index (χ3v) is 5.18. The fourth-order valence-electron chi connectivity index (χ4n) is 3.03. The van der Waals surface area contributed by atoms with Gasteiger partial charge in [-0.05, 0) is 57.9 Å². The van der Waals surface area contributed by atoms with Gasteiger partial charge in [-0.2, -0.15) is 0 Å². The molecular formula is C22H17BrN2O3. The summed E-state index contributed by atoms with van der Waals surface area (Å²) >= 11 is 3.42. The summed E-state index contributed by atoms with van der Waals surface area (Å²) in [6.45, 7) is 0.453. The van der Waals surface area contributed by atoms with E-state index < -0.39 is 0 Å². The number of hydrogen-bond acceptors (Lipinski definition) is 3. The molecule has 6 heteroatoms. The van der Waals surface area contributed by atoms with Crippen LogP contribution in [0.4, 0.5) is 11.4 Å². The Morgan fingerprint density at radius 1 is 1.00 bits per heavy atom. The van der Waals surface area contributed by atoms with Crippen molar-refractivity contribution in [3.8, 4) is 5.75 Å². The first-order valence-electron chi connectivity index (χ1n) is 8.79. The van der Waals surface area contributed by atoms with Crippen LogP contribution in [0.3, 0.4) is 0 Å². The van der Waals surface area contributed by atoms with Crippen molar-refractivity contribution in [1.82, 2.24) is 0 Å². The molecule has 140 valence electrons. The van der Waals surface area contributed by atoms with Crippen molar-refractivity contribution < 1.29 is 14.3 Å². The van der Waals surface area contributed by atoms with E-state index in [-0.39, 0.29) is 18.4 Å². The second kappa shape index (κ2) is 7.86. The highest BCUT2D eigenvalue weighted by Gasteiger charge is 2.25. The number of amides is 2. The molecule has 0 bridgehead atoms. The average Bonchev–Trinajstić information content (AvgIpc) is 2.72. The zero-order chi connectivity index (χ0) is 19.5. The molecule has 3 aromatic carbocycles. The Bertz CT molecular complexity index is 1030. The summed E-state index contributed by atoms with van der Waals surface area (Å²) in [7, 11) is 0. The number of benzene rings is 3. The monoisotopic (exact) mass is 436 g/mol. The van der Waals surface area contributed by atoms with E-state index in [1.807, 2.05) is 60.7 Å². The van der Waals surface area contributed by atoms with Crippen LogP contribution in [0, 0.1) is 0 Å². The normalized spacial score (nSPS) is 12.9. The summed E-state index contributed by atoms with van der Waals surface area (Å²) in [6, 6.07) is 22.2. The minimum absolute atomic E-state index is 0.0312. The number of carbonyl (C=O) groups is 2. The number of ether oxygens (including phenoxy) is 1. The minimum atomic E-state index is -0.189. The highest BCUT2D eigenvalue weighted by molar-refractivity contribution is 9.10. The van der Waals surface area contributed by atoms with Gasteiger partial charge < -0.3 is 15.0 Å². The third-order valence-electron chi connectivity index (χ3n) is 4.49. The van der Waals surface area contributed by atoms with Gasteiger partial charge in [0.2, 0.25) is 0 Å². The zero-order valence-electron chi connectivity index (χ0n) is 14.9. The third kappa shape index (κ3) is 3.77. The number of nitrogens with one attached hydrogen (secondary N) is 1. The lowest BCUT2D eigenvalue weighted by Crippen LogP contribution is -2.38. The largest absolute Gasteiger partial charge is 0.482 e. The maximum absolute atomic E-state index is 12.5. The number of halogens is 1. The van der Waals surface area contributed by atoms with E-state index in [1.54, 1.807) is 17.0 Å². The summed E-state index contributed by atoms with van der Waals surface area (Å²) in [5, 5.41) is 2.88. The van der Waals surface area contributed by atoms with Crippen LogP contribution in [-0.2, 0) is 11.3 Å². The number of rotatable bonds is 4. The van der Waals surface area contributed by atoms with Gasteiger partial charge in [0.15, 0.2) is 6.61 Å². The Hall–Kier alpha value is -3.12. The Labute approximate surface area is 171 Å². The molecule has 4 rings (SSSR count). The quantitative estimate of drug-likeness (QED) is 0.648. The van der Waals surface area contributed by atoms with Crippen LogP contribution in [0.25, 0.3) is 0 Å². The first-order valence-corrected chi connectivity index (χ1v) is 9.58. The van der Waals surface area contributed by atoms with Gasteiger partial charge in [-0.15, -0.1) is 0 Å². The summed E-state index contributed by atoms with van der Waals surface area (Å²) in [4.78, 5) is 26.5. The number of nitrogens with zero attached hydrogens (tertiary/aromatic N) is 1. The van der Waals surface area contributed by atoms with Crippen molar-refractivity contribution in [2.24, 2.45) is 0 Å². The van der Waals surface area contributed by atoms with E-state index in [0.29, 0.717) is 23.5 Å². The molecule has 1 heterocycles. The Morgan fingerprint density at radius 2 is 1.71 bits per heavy atom. The van der Waals surface area contributed by atoms with Gasteiger partial charge >= 0.3 is 0 Å². The van der Waals surface area contributed by atoms with Crippen LogP contribution < -0.4 is 15.0 Å². The number of hydrogen-bond donors (Lipinski definition) is 1.